The molecule has 2 atom stereocenters. The van der Waals surface area contributed by atoms with Gasteiger partial charge < -0.3 is 52.7 Å². The first-order valence-electron chi connectivity index (χ1n) is 20.9. The third kappa shape index (κ3) is 21.3. The van der Waals surface area contributed by atoms with Crippen molar-refractivity contribution in [3.63, 3.8) is 0 Å². The SMILES string of the molecule is CCC(C)(CCCC(C)(C)C(=O)OCCOCCOc1cc2c([N+](=O)[O-])cc1OCCOCCOCCCCCOCCC(=O)NC(C(=O)OC)CSC2)C(=O)OCCOC. The number of esters is 3. The topological polar surface area (TPSA) is 216 Å². The predicted molar refractivity (Wildman–Crippen MR) is 226 cm³/mol. The number of carbonyl (C=O) groups is 4. The molecule has 0 aliphatic carbocycles. The standard InChI is InChI=1S/C42H68N2O16S/c1-7-42(4,40(48)60-24-18-51-5)14-11-13-41(2,3)39(47)59-27-23-56-22-25-57-35-28-32-30-61-31-33(38(46)52-6)43-37(45)12-17-53-15-9-8-10-16-54-19-20-55-21-26-58-36(35)29-34(32)44(49)50/h28-29,33H,7-27,30-31H2,1-6H3,(H,43,45). The maximum Gasteiger partial charge on any atom is 0.329 e. The molecule has 0 radical (unpaired) electrons. The van der Waals surface area contributed by atoms with Gasteiger partial charge in [0, 0.05) is 43.8 Å². The molecule has 0 aromatic heterocycles. The number of rotatable bonds is 19. The average Bonchev–Trinajstić information content (AvgIpc) is 3.23. The van der Waals surface area contributed by atoms with Crippen LogP contribution in [0.5, 0.6) is 11.5 Å². The van der Waals surface area contributed by atoms with Crippen LogP contribution in [0.25, 0.3) is 0 Å². The quantitative estimate of drug-likeness (QED) is 0.0470. The van der Waals surface area contributed by atoms with Gasteiger partial charge in [0.15, 0.2) is 11.5 Å². The molecular formula is C42H68N2O16S. The Labute approximate surface area is 364 Å². The van der Waals surface area contributed by atoms with E-state index in [9.17, 15) is 29.3 Å². The summed E-state index contributed by atoms with van der Waals surface area (Å²) in [6.45, 7) is 10.5. The smallest absolute Gasteiger partial charge is 0.329 e. The summed E-state index contributed by atoms with van der Waals surface area (Å²) in [7, 11) is 2.76. The third-order valence-corrected chi connectivity index (χ3v) is 11.0. The average molecular weight is 889 g/mol. The zero-order valence-corrected chi connectivity index (χ0v) is 37.7. The second-order valence-electron chi connectivity index (χ2n) is 15.2. The molecule has 3 rings (SSSR count). The number of amides is 1. The highest BCUT2D eigenvalue weighted by atomic mass is 32.2. The lowest BCUT2D eigenvalue weighted by atomic mass is 9.79. The third-order valence-electron chi connectivity index (χ3n) is 9.94. The number of nitrogens with zero attached hydrogens (tertiary/aromatic N) is 1. The highest BCUT2D eigenvalue weighted by molar-refractivity contribution is 7.98. The first-order chi connectivity index (χ1) is 29.3. The second-order valence-corrected chi connectivity index (χ2v) is 16.2. The van der Waals surface area contributed by atoms with E-state index in [1.807, 2.05) is 13.8 Å². The van der Waals surface area contributed by atoms with Crippen LogP contribution in [0.3, 0.4) is 0 Å². The largest absolute Gasteiger partial charge is 0.487 e. The molecule has 2 aliphatic rings. The summed E-state index contributed by atoms with van der Waals surface area (Å²) in [6, 6.07) is 1.81. The number of hydrogen-bond acceptors (Lipinski definition) is 17. The van der Waals surface area contributed by atoms with Crippen LogP contribution in [0.4, 0.5) is 5.69 Å². The first-order valence-corrected chi connectivity index (χ1v) is 22.1. The van der Waals surface area contributed by atoms with Crippen molar-refractivity contribution < 1.29 is 71.5 Å². The summed E-state index contributed by atoms with van der Waals surface area (Å²) in [5.41, 5.74) is -1.36. The Morgan fingerprint density at radius 3 is 2.20 bits per heavy atom. The minimum Gasteiger partial charge on any atom is -0.487 e. The maximum atomic E-state index is 12.9. The van der Waals surface area contributed by atoms with E-state index in [1.54, 1.807) is 21.0 Å². The maximum absolute atomic E-state index is 12.9. The predicted octanol–water partition coefficient (Wildman–Crippen LogP) is 5.23. The molecule has 61 heavy (non-hydrogen) atoms. The van der Waals surface area contributed by atoms with Gasteiger partial charge >= 0.3 is 17.9 Å². The number of methoxy groups -OCH3 is 2. The van der Waals surface area contributed by atoms with Crippen molar-refractivity contribution in [1.82, 2.24) is 5.32 Å². The van der Waals surface area contributed by atoms with Gasteiger partial charge in [-0.3, -0.25) is 24.5 Å². The number of ether oxygens (including phenoxy) is 10. The van der Waals surface area contributed by atoms with E-state index in [-0.39, 0.29) is 106 Å². The molecule has 0 fully saturated rings. The Morgan fingerprint density at radius 1 is 0.852 bits per heavy atom. The van der Waals surface area contributed by atoms with Crippen LogP contribution in [-0.2, 0) is 62.8 Å². The normalized spacial score (nSPS) is 17.9. The van der Waals surface area contributed by atoms with Crippen LogP contribution in [0.15, 0.2) is 12.1 Å². The minimum atomic E-state index is -0.983. The number of nitro benzene ring substituents is 1. The van der Waals surface area contributed by atoms with Gasteiger partial charge in [-0.2, -0.15) is 11.8 Å². The molecule has 1 amide bonds. The molecule has 1 aromatic rings. The Kier molecular flexibility index (Phi) is 26.5. The summed E-state index contributed by atoms with van der Waals surface area (Å²) < 4.78 is 55.1. The van der Waals surface area contributed by atoms with Gasteiger partial charge in [-0.25, -0.2) is 4.79 Å². The molecule has 2 heterocycles. The van der Waals surface area contributed by atoms with Gasteiger partial charge in [0.1, 0.15) is 32.5 Å². The van der Waals surface area contributed by atoms with Crippen molar-refractivity contribution in [2.75, 3.05) is 106 Å². The van der Waals surface area contributed by atoms with Crippen LogP contribution >= 0.6 is 11.8 Å². The number of fused-ring (bicyclic) bond motifs is 22. The van der Waals surface area contributed by atoms with Crippen molar-refractivity contribution in [2.45, 2.75) is 90.9 Å². The summed E-state index contributed by atoms with van der Waals surface area (Å²) >= 11 is 1.20. The van der Waals surface area contributed by atoms with Crippen LogP contribution < -0.4 is 14.8 Å². The fraction of sp³-hybridized carbons (Fsp3) is 0.762. The highest BCUT2D eigenvalue weighted by Gasteiger charge is 2.35. The fourth-order valence-corrected chi connectivity index (χ4v) is 6.91. The summed E-state index contributed by atoms with van der Waals surface area (Å²) in [5.74, 6) is -1.14. The van der Waals surface area contributed by atoms with E-state index in [0.717, 1.165) is 19.3 Å². The van der Waals surface area contributed by atoms with Gasteiger partial charge in [0.2, 0.25) is 5.91 Å². The first kappa shape index (κ1) is 53.4. The van der Waals surface area contributed by atoms with Gasteiger partial charge in [-0.05, 0) is 65.4 Å². The lowest BCUT2D eigenvalue weighted by Crippen LogP contribution is -2.43. The Morgan fingerprint density at radius 2 is 1.51 bits per heavy atom. The zero-order chi connectivity index (χ0) is 44.9. The highest BCUT2D eigenvalue weighted by Crippen LogP contribution is 2.37. The lowest BCUT2D eigenvalue weighted by Gasteiger charge is -2.28. The van der Waals surface area contributed by atoms with Crippen molar-refractivity contribution in [3.8, 4) is 11.5 Å². The summed E-state index contributed by atoms with van der Waals surface area (Å²) in [4.78, 5) is 62.4. The number of hydrogen-bond donors (Lipinski definition) is 1. The van der Waals surface area contributed by atoms with E-state index < -0.39 is 27.8 Å². The van der Waals surface area contributed by atoms with E-state index in [1.165, 1.54) is 31.0 Å². The molecule has 19 heteroatoms. The molecule has 2 bridgehead atoms. The van der Waals surface area contributed by atoms with Gasteiger partial charge in [-0.15, -0.1) is 0 Å². The van der Waals surface area contributed by atoms with E-state index >= 15 is 0 Å². The van der Waals surface area contributed by atoms with E-state index in [2.05, 4.69) is 5.32 Å². The summed E-state index contributed by atoms with van der Waals surface area (Å²) in [5, 5.41) is 14.9. The molecule has 348 valence electrons. The second kappa shape index (κ2) is 30.3. The van der Waals surface area contributed by atoms with Crippen LogP contribution in [-0.4, -0.2) is 141 Å². The molecule has 1 aromatic carbocycles. The molecule has 0 saturated carbocycles. The lowest BCUT2D eigenvalue weighted by molar-refractivity contribution is -0.385. The Balaban J connectivity index is 2.01. The molecule has 18 nitrogen and oxygen atoms in total. The minimum absolute atomic E-state index is 0.0138. The molecule has 2 unspecified atom stereocenters. The van der Waals surface area contributed by atoms with Gasteiger partial charge in [0.25, 0.3) is 5.69 Å². The summed E-state index contributed by atoms with van der Waals surface area (Å²) in [6.07, 6.45) is 4.92. The van der Waals surface area contributed by atoms with Crippen molar-refractivity contribution in [3.05, 3.63) is 27.8 Å². The number of carbonyl (C=O) groups excluding carboxylic acids is 4. The molecule has 0 saturated heterocycles. The monoisotopic (exact) mass is 888 g/mol. The number of benzene rings is 1. The van der Waals surface area contributed by atoms with Gasteiger partial charge in [-0.1, -0.05) is 13.3 Å². The van der Waals surface area contributed by atoms with Crippen molar-refractivity contribution in [1.29, 1.82) is 0 Å². The zero-order valence-electron chi connectivity index (χ0n) is 36.9. The molecule has 2 aliphatic heterocycles. The van der Waals surface area contributed by atoms with Crippen LogP contribution in [0.1, 0.15) is 84.6 Å². The number of nitro groups is 1. The van der Waals surface area contributed by atoms with E-state index in [4.69, 9.17) is 47.4 Å². The molecule has 1 N–H and O–H groups in total. The Bertz CT molecular complexity index is 1480. The fourth-order valence-electron chi connectivity index (χ4n) is 5.89. The Hall–Kier alpha value is -3.75. The van der Waals surface area contributed by atoms with Crippen LogP contribution in [0.2, 0.25) is 0 Å². The number of thioether (sulfide) groups is 1. The van der Waals surface area contributed by atoms with Gasteiger partial charge in [0.05, 0.1) is 75.2 Å². The van der Waals surface area contributed by atoms with Crippen molar-refractivity contribution >= 4 is 41.3 Å². The van der Waals surface area contributed by atoms with E-state index in [0.29, 0.717) is 64.3 Å². The molecular weight excluding hydrogens is 821 g/mol. The van der Waals surface area contributed by atoms with Crippen molar-refractivity contribution in [2.24, 2.45) is 10.8 Å². The number of nitrogens with one attached hydrogen (secondary N) is 1. The van der Waals surface area contributed by atoms with Crippen LogP contribution in [0, 0.1) is 20.9 Å². The molecule has 0 spiro atoms.